The summed E-state index contributed by atoms with van der Waals surface area (Å²) < 4.78 is 20.8. The van der Waals surface area contributed by atoms with E-state index in [1.54, 1.807) is 18.2 Å². The van der Waals surface area contributed by atoms with E-state index in [-0.39, 0.29) is 12.8 Å². The Morgan fingerprint density at radius 2 is 2.06 bits per heavy atom. The quantitative estimate of drug-likeness (QED) is 0.744. The van der Waals surface area contributed by atoms with Crippen molar-refractivity contribution in [3.05, 3.63) is 18.2 Å². The van der Waals surface area contributed by atoms with Crippen molar-refractivity contribution in [2.75, 3.05) is 13.9 Å². The predicted octanol–water partition coefficient (Wildman–Crippen LogP) is 1.50. The lowest BCUT2D eigenvalue weighted by Crippen LogP contribution is -2.30. The summed E-state index contributed by atoms with van der Waals surface area (Å²) in [5.41, 5.74) is -0.789. The van der Waals surface area contributed by atoms with E-state index < -0.39 is 5.60 Å². The number of carbonyl (C=O) groups is 1. The zero-order valence-electron chi connectivity index (χ0n) is 9.39. The van der Waals surface area contributed by atoms with Crippen LogP contribution < -0.4 is 14.2 Å². The van der Waals surface area contributed by atoms with Gasteiger partial charge in [0.25, 0.3) is 0 Å². The van der Waals surface area contributed by atoms with E-state index in [4.69, 9.17) is 18.9 Å². The molecule has 0 N–H and O–H groups in total. The minimum atomic E-state index is -0.789. The third kappa shape index (κ3) is 1.67. The van der Waals surface area contributed by atoms with Gasteiger partial charge in [-0.25, -0.2) is 4.79 Å². The van der Waals surface area contributed by atoms with Gasteiger partial charge in [0.1, 0.15) is 5.75 Å². The van der Waals surface area contributed by atoms with Gasteiger partial charge in [-0.05, 0) is 12.1 Å². The summed E-state index contributed by atoms with van der Waals surface area (Å²) in [5, 5.41) is 0. The molecule has 1 heterocycles. The van der Waals surface area contributed by atoms with Crippen molar-refractivity contribution in [3.8, 4) is 17.2 Å². The van der Waals surface area contributed by atoms with Gasteiger partial charge in [0.2, 0.25) is 12.4 Å². The maximum absolute atomic E-state index is 11.5. The number of hydrogen-bond acceptors (Lipinski definition) is 5. The number of hydrogen-bond donors (Lipinski definition) is 0. The number of esters is 1. The first-order chi connectivity index (χ1) is 8.23. The standard InChI is InChI=1S/C12H12O5/c1-14-11(13)12(4-5-12)17-8-2-3-9-10(6-8)16-7-15-9/h2-3,6H,4-5,7H2,1H3. The Bertz CT molecular complexity index is 464. The van der Waals surface area contributed by atoms with Gasteiger partial charge >= 0.3 is 5.97 Å². The summed E-state index contributed by atoms with van der Waals surface area (Å²) in [4.78, 5) is 11.5. The third-order valence-corrected chi connectivity index (χ3v) is 2.92. The molecule has 1 aliphatic carbocycles. The molecule has 1 saturated carbocycles. The van der Waals surface area contributed by atoms with Crippen LogP contribution in [0.3, 0.4) is 0 Å². The number of methoxy groups -OCH3 is 1. The van der Waals surface area contributed by atoms with Gasteiger partial charge in [0, 0.05) is 18.9 Å². The fourth-order valence-corrected chi connectivity index (χ4v) is 1.81. The van der Waals surface area contributed by atoms with E-state index in [2.05, 4.69) is 0 Å². The lowest BCUT2D eigenvalue weighted by Gasteiger charge is -2.15. The molecule has 5 heteroatoms. The summed E-state index contributed by atoms with van der Waals surface area (Å²) >= 11 is 0. The van der Waals surface area contributed by atoms with E-state index in [0.717, 1.165) is 0 Å². The smallest absolute Gasteiger partial charge is 0.350 e. The molecule has 0 amide bonds. The highest BCUT2D eigenvalue weighted by Crippen LogP contribution is 2.43. The van der Waals surface area contributed by atoms with Gasteiger partial charge in [0.05, 0.1) is 7.11 Å². The molecule has 90 valence electrons. The maximum atomic E-state index is 11.5. The van der Waals surface area contributed by atoms with Crippen LogP contribution >= 0.6 is 0 Å². The zero-order valence-corrected chi connectivity index (χ0v) is 9.39. The zero-order chi connectivity index (χ0) is 11.9. The molecule has 0 spiro atoms. The monoisotopic (exact) mass is 236 g/mol. The van der Waals surface area contributed by atoms with Gasteiger partial charge in [-0.2, -0.15) is 0 Å². The summed E-state index contributed by atoms with van der Waals surface area (Å²) in [7, 11) is 1.37. The minimum absolute atomic E-state index is 0.223. The molecule has 0 atom stereocenters. The molecular formula is C12H12O5. The SMILES string of the molecule is COC(=O)C1(Oc2ccc3c(c2)OCO3)CC1. The second kappa shape index (κ2) is 3.55. The van der Waals surface area contributed by atoms with Gasteiger partial charge in [-0.15, -0.1) is 0 Å². The first-order valence-corrected chi connectivity index (χ1v) is 5.41. The van der Waals surface area contributed by atoms with Crippen LogP contribution in [0.5, 0.6) is 17.2 Å². The van der Waals surface area contributed by atoms with E-state index in [0.29, 0.717) is 30.1 Å². The highest BCUT2D eigenvalue weighted by molar-refractivity contribution is 5.83. The van der Waals surface area contributed by atoms with Gasteiger partial charge in [0.15, 0.2) is 11.5 Å². The average Bonchev–Trinajstić information content (AvgIpc) is 2.97. The maximum Gasteiger partial charge on any atom is 0.350 e. The molecule has 2 aliphatic rings. The van der Waals surface area contributed by atoms with Crippen LogP contribution in [0.1, 0.15) is 12.8 Å². The van der Waals surface area contributed by atoms with Crippen molar-refractivity contribution < 1.29 is 23.7 Å². The van der Waals surface area contributed by atoms with Crippen LogP contribution in [0, 0.1) is 0 Å². The highest BCUT2D eigenvalue weighted by atomic mass is 16.7. The Kier molecular flexibility index (Phi) is 2.14. The number of benzene rings is 1. The van der Waals surface area contributed by atoms with Crippen molar-refractivity contribution in [2.45, 2.75) is 18.4 Å². The number of rotatable bonds is 3. The molecule has 1 fully saturated rings. The summed E-state index contributed by atoms with van der Waals surface area (Å²) in [6, 6.07) is 5.26. The third-order valence-electron chi connectivity index (χ3n) is 2.92. The second-order valence-corrected chi connectivity index (χ2v) is 4.10. The number of ether oxygens (including phenoxy) is 4. The number of fused-ring (bicyclic) bond motifs is 1. The topological polar surface area (TPSA) is 54.0 Å². The van der Waals surface area contributed by atoms with E-state index in [1.165, 1.54) is 7.11 Å². The van der Waals surface area contributed by atoms with Crippen molar-refractivity contribution in [3.63, 3.8) is 0 Å². The Labute approximate surface area is 98.2 Å². The fourth-order valence-electron chi connectivity index (χ4n) is 1.81. The van der Waals surface area contributed by atoms with E-state index >= 15 is 0 Å². The first kappa shape index (κ1) is 10.3. The van der Waals surface area contributed by atoms with Crippen molar-refractivity contribution in [2.24, 2.45) is 0 Å². The predicted molar refractivity (Wildman–Crippen MR) is 57.2 cm³/mol. The molecule has 1 aromatic carbocycles. The molecule has 0 aromatic heterocycles. The van der Waals surface area contributed by atoms with E-state index in [9.17, 15) is 4.79 Å². The van der Waals surface area contributed by atoms with Gasteiger partial charge < -0.3 is 18.9 Å². The molecule has 1 aromatic rings. The van der Waals surface area contributed by atoms with E-state index in [1.807, 2.05) is 0 Å². The summed E-state index contributed by atoms with van der Waals surface area (Å²) in [6.45, 7) is 0.223. The molecule has 17 heavy (non-hydrogen) atoms. The minimum Gasteiger partial charge on any atom is -0.475 e. The number of carbonyl (C=O) groups excluding carboxylic acids is 1. The molecule has 0 radical (unpaired) electrons. The van der Waals surface area contributed by atoms with Crippen molar-refractivity contribution in [1.29, 1.82) is 0 Å². The Morgan fingerprint density at radius 1 is 1.29 bits per heavy atom. The van der Waals surface area contributed by atoms with Crippen LogP contribution in [0.15, 0.2) is 18.2 Å². The first-order valence-electron chi connectivity index (χ1n) is 5.41. The lowest BCUT2D eigenvalue weighted by molar-refractivity contribution is -0.151. The van der Waals surface area contributed by atoms with Crippen LogP contribution in [0.4, 0.5) is 0 Å². The molecule has 3 rings (SSSR count). The summed E-state index contributed by atoms with van der Waals surface area (Å²) in [6.07, 6.45) is 1.38. The molecular weight excluding hydrogens is 224 g/mol. The molecule has 0 saturated heterocycles. The largest absolute Gasteiger partial charge is 0.475 e. The Balaban J connectivity index is 1.80. The second-order valence-electron chi connectivity index (χ2n) is 4.10. The molecule has 5 nitrogen and oxygen atoms in total. The Hall–Kier alpha value is -1.91. The summed E-state index contributed by atoms with van der Waals surface area (Å²) in [5.74, 6) is 1.61. The van der Waals surface area contributed by atoms with Crippen LogP contribution in [-0.2, 0) is 9.53 Å². The molecule has 1 aliphatic heterocycles. The molecule has 0 bridgehead atoms. The normalized spacial score (nSPS) is 18.6. The van der Waals surface area contributed by atoms with Crippen LogP contribution in [-0.4, -0.2) is 25.5 Å². The average molecular weight is 236 g/mol. The van der Waals surface area contributed by atoms with Crippen LogP contribution in [0.25, 0.3) is 0 Å². The fraction of sp³-hybridized carbons (Fsp3) is 0.417. The highest BCUT2D eigenvalue weighted by Gasteiger charge is 2.54. The van der Waals surface area contributed by atoms with Gasteiger partial charge in [-0.3, -0.25) is 0 Å². The van der Waals surface area contributed by atoms with Gasteiger partial charge in [-0.1, -0.05) is 0 Å². The Morgan fingerprint density at radius 3 is 2.76 bits per heavy atom. The lowest BCUT2D eigenvalue weighted by atomic mass is 10.3. The van der Waals surface area contributed by atoms with Crippen molar-refractivity contribution in [1.82, 2.24) is 0 Å². The van der Waals surface area contributed by atoms with Crippen LogP contribution in [0.2, 0.25) is 0 Å². The van der Waals surface area contributed by atoms with Crippen molar-refractivity contribution >= 4 is 5.97 Å². The molecule has 0 unspecified atom stereocenters.